The predicted octanol–water partition coefficient (Wildman–Crippen LogP) is 1.04. The summed E-state index contributed by atoms with van der Waals surface area (Å²) in [7, 11) is 0. The zero-order valence-electron chi connectivity index (χ0n) is 10.3. The van der Waals surface area contributed by atoms with E-state index in [-0.39, 0.29) is 11.3 Å². The van der Waals surface area contributed by atoms with Crippen molar-refractivity contribution in [2.24, 2.45) is 0 Å². The zero-order chi connectivity index (χ0) is 15.6. The Kier molecular flexibility index (Phi) is 4.93. The Morgan fingerprint density at radius 3 is 2.25 bits per heavy atom. The molecular formula is C11H12Cl2N2O5. The number of nitrogens with zero attached hydrogens (tertiary/aromatic N) is 1. The van der Waals surface area contributed by atoms with Crippen LogP contribution in [0, 0.1) is 10.1 Å². The van der Waals surface area contributed by atoms with Gasteiger partial charge in [0.1, 0.15) is 0 Å². The highest BCUT2D eigenvalue weighted by molar-refractivity contribution is 6.49. The molecule has 1 aromatic rings. The van der Waals surface area contributed by atoms with E-state index < -0.39 is 27.5 Å². The number of alkyl halides is 2. The van der Waals surface area contributed by atoms with E-state index in [4.69, 9.17) is 28.3 Å². The van der Waals surface area contributed by atoms with Gasteiger partial charge in [0.05, 0.1) is 11.5 Å². The van der Waals surface area contributed by atoms with Crippen molar-refractivity contribution < 1.29 is 19.9 Å². The van der Waals surface area contributed by atoms with Crippen LogP contribution in [-0.2, 0) is 10.5 Å². The SMILES string of the molecule is CC(=O)NC(O)(c1ccc([N+](=O)[O-])cc1)C(Cl)(Cl)CO. The summed E-state index contributed by atoms with van der Waals surface area (Å²) in [5, 5.41) is 32.4. The Bertz CT molecular complexity index is 520. The van der Waals surface area contributed by atoms with Crippen LogP contribution < -0.4 is 5.32 Å². The Labute approximate surface area is 124 Å². The number of nitro benzene ring substituents is 1. The van der Waals surface area contributed by atoms with Gasteiger partial charge in [0, 0.05) is 24.6 Å². The molecule has 0 saturated heterocycles. The molecule has 1 rings (SSSR count). The number of amides is 1. The lowest BCUT2D eigenvalue weighted by atomic mass is 9.98. The molecule has 0 heterocycles. The van der Waals surface area contributed by atoms with Crippen molar-refractivity contribution in [2.45, 2.75) is 17.0 Å². The van der Waals surface area contributed by atoms with Crippen LogP contribution in [0.2, 0.25) is 0 Å². The fraction of sp³-hybridized carbons (Fsp3) is 0.364. The molecule has 0 radical (unpaired) electrons. The van der Waals surface area contributed by atoms with Crippen molar-refractivity contribution in [3.8, 4) is 0 Å². The van der Waals surface area contributed by atoms with Crippen molar-refractivity contribution in [3.63, 3.8) is 0 Å². The maximum absolute atomic E-state index is 11.2. The second-order valence-electron chi connectivity index (χ2n) is 4.06. The predicted molar refractivity (Wildman–Crippen MR) is 72.3 cm³/mol. The van der Waals surface area contributed by atoms with Gasteiger partial charge in [0.25, 0.3) is 5.69 Å². The molecule has 110 valence electrons. The van der Waals surface area contributed by atoms with Gasteiger partial charge in [-0.05, 0) is 12.1 Å². The Morgan fingerprint density at radius 1 is 1.40 bits per heavy atom. The number of carbonyl (C=O) groups excluding carboxylic acids is 1. The minimum Gasteiger partial charge on any atom is -0.393 e. The number of hydrogen-bond acceptors (Lipinski definition) is 5. The quantitative estimate of drug-likeness (QED) is 0.324. The lowest BCUT2D eigenvalue weighted by Gasteiger charge is -2.38. The van der Waals surface area contributed by atoms with Crippen LogP contribution in [0.5, 0.6) is 0 Å². The van der Waals surface area contributed by atoms with E-state index in [0.29, 0.717) is 0 Å². The van der Waals surface area contributed by atoms with Crippen LogP contribution in [0.25, 0.3) is 0 Å². The summed E-state index contributed by atoms with van der Waals surface area (Å²) in [6.45, 7) is 0.265. The van der Waals surface area contributed by atoms with Crippen molar-refractivity contribution in [1.82, 2.24) is 5.32 Å². The molecular weight excluding hydrogens is 311 g/mol. The second-order valence-corrected chi connectivity index (χ2v) is 5.54. The molecule has 1 aromatic carbocycles. The van der Waals surface area contributed by atoms with Crippen molar-refractivity contribution in [2.75, 3.05) is 6.61 Å². The van der Waals surface area contributed by atoms with E-state index in [1.165, 1.54) is 12.1 Å². The molecule has 1 atom stereocenters. The number of non-ortho nitro benzene ring substituents is 1. The van der Waals surface area contributed by atoms with Crippen LogP contribution in [0.1, 0.15) is 12.5 Å². The van der Waals surface area contributed by atoms with E-state index in [1.807, 2.05) is 0 Å². The van der Waals surface area contributed by atoms with Crippen LogP contribution in [0.3, 0.4) is 0 Å². The highest BCUT2D eigenvalue weighted by Crippen LogP contribution is 2.39. The minimum atomic E-state index is -2.30. The molecule has 0 aliphatic rings. The third-order valence-corrected chi connectivity index (χ3v) is 3.37. The van der Waals surface area contributed by atoms with E-state index in [1.54, 1.807) is 0 Å². The van der Waals surface area contributed by atoms with Gasteiger partial charge >= 0.3 is 0 Å². The minimum absolute atomic E-state index is 0.00245. The van der Waals surface area contributed by atoms with Crippen LogP contribution >= 0.6 is 23.2 Å². The standard InChI is InChI=1S/C11H12Cl2N2O5/c1-7(17)14-11(18,10(12,13)6-16)8-2-4-9(5-3-8)15(19)20/h2-5,16,18H,6H2,1H3,(H,14,17). The number of aliphatic hydroxyl groups excluding tert-OH is 1. The first-order valence-corrected chi connectivity index (χ1v) is 6.14. The second kappa shape index (κ2) is 5.92. The van der Waals surface area contributed by atoms with Gasteiger partial charge in [-0.1, -0.05) is 23.2 Å². The van der Waals surface area contributed by atoms with Crippen molar-refractivity contribution in [3.05, 3.63) is 39.9 Å². The summed E-state index contributed by atoms with van der Waals surface area (Å²) in [5.74, 6) is -0.648. The number of rotatable bonds is 5. The van der Waals surface area contributed by atoms with E-state index in [2.05, 4.69) is 5.32 Å². The number of carbonyl (C=O) groups is 1. The summed E-state index contributed by atoms with van der Waals surface area (Å²) in [4.78, 5) is 21.1. The summed E-state index contributed by atoms with van der Waals surface area (Å²) >= 11 is 11.7. The Balaban J connectivity index is 3.30. The van der Waals surface area contributed by atoms with Crippen molar-refractivity contribution >= 4 is 34.8 Å². The number of benzene rings is 1. The topological polar surface area (TPSA) is 113 Å². The molecule has 20 heavy (non-hydrogen) atoms. The van der Waals surface area contributed by atoms with Crippen molar-refractivity contribution in [1.29, 1.82) is 0 Å². The van der Waals surface area contributed by atoms with Gasteiger partial charge in [-0.25, -0.2) is 0 Å². The largest absolute Gasteiger partial charge is 0.393 e. The van der Waals surface area contributed by atoms with Gasteiger partial charge in [0.2, 0.25) is 5.91 Å². The number of aliphatic hydroxyl groups is 2. The fourth-order valence-electron chi connectivity index (χ4n) is 1.57. The molecule has 9 heteroatoms. The van der Waals surface area contributed by atoms with Crippen LogP contribution in [-0.4, -0.2) is 32.0 Å². The molecule has 3 N–H and O–H groups in total. The number of nitro groups is 1. The summed E-state index contributed by atoms with van der Waals surface area (Å²) in [5.41, 5.74) is -2.51. The van der Waals surface area contributed by atoms with Gasteiger partial charge in [0.15, 0.2) is 10.1 Å². The Morgan fingerprint density at radius 2 is 1.90 bits per heavy atom. The summed E-state index contributed by atoms with van der Waals surface area (Å²) in [6, 6.07) is 4.60. The number of hydrogen-bond donors (Lipinski definition) is 3. The van der Waals surface area contributed by atoms with E-state index >= 15 is 0 Å². The Hall–Kier alpha value is -1.41. The van der Waals surface area contributed by atoms with E-state index in [9.17, 15) is 20.0 Å². The molecule has 0 bridgehead atoms. The molecule has 0 aliphatic heterocycles. The molecule has 1 unspecified atom stereocenters. The molecule has 0 spiro atoms. The van der Waals surface area contributed by atoms with Gasteiger partial charge < -0.3 is 15.5 Å². The van der Waals surface area contributed by atoms with Crippen LogP contribution in [0.4, 0.5) is 5.69 Å². The summed E-state index contributed by atoms with van der Waals surface area (Å²) in [6.07, 6.45) is 0. The fourth-order valence-corrected chi connectivity index (χ4v) is 1.88. The molecule has 0 saturated carbocycles. The first-order chi connectivity index (χ1) is 9.14. The highest BCUT2D eigenvalue weighted by atomic mass is 35.5. The molecule has 7 nitrogen and oxygen atoms in total. The van der Waals surface area contributed by atoms with Gasteiger partial charge in [-0.3, -0.25) is 14.9 Å². The number of nitrogens with one attached hydrogen (secondary N) is 1. The van der Waals surface area contributed by atoms with Gasteiger partial charge in [-0.15, -0.1) is 0 Å². The monoisotopic (exact) mass is 322 g/mol. The third kappa shape index (κ3) is 3.18. The zero-order valence-corrected chi connectivity index (χ0v) is 11.9. The van der Waals surface area contributed by atoms with Gasteiger partial charge in [-0.2, -0.15) is 0 Å². The normalized spacial score (nSPS) is 14.4. The molecule has 1 amide bonds. The number of halogens is 2. The first-order valence-electron chi connectivity index (χ1n) is 5.39. The lowest BCUT2D eigenvalue weighted by Crippen LogP contribution is -2.58. The molecule has 0 fully saturated rings. The van der Waals surface area contributed by atoms with E-state index in [0.717, 1.165) is 19.1 Å². The molecule has 0 aliphatic carbocycles. The average Bonchev–Trinajstić information content (AvgIpc) is 2.37. The lowest BCUT2D eigenvalue weighted by molar-refractivity contribution is -0.384. The highest BCUT2D eigenvalue weighted by Gasteiger charge is 2.50. The summed E-state index contributed by atoms with van der Waals surface area (Å²) < 4.78 is -2.13. The average molecular weight is 323 g/mol. The maximum atomic E-state index is 11.2. The van der Waals surface area contributed by atoms with Crippen LogP contribution in [0.15, 0.2) is 24.3 Å². The maximum Gasteiger partial charge on any atom is 0.269 e. The smallest absolute Gasteiger partial charge is 0.269 e. The third-order valence-electron chi connectivity index (χ3n) is 2.58. The molecule has 0 aromatic heterocycles. The first kappa shape index (κ1) is 16.6.